The van der Waals surface area contributed by atoms with E-state index >= 15 is 0 Å². The minimum atomic E-state index is -4.08. The number of benzene rings is 1. The highest BCUT2D eigenvalue weighted by Crippen LogP contribution is 2.24. The van der Waals surface area contributed by atoms with Crippen LogP contribution in [0.1, 0.15) is 12.5 Å². The summed E-state index contributed by atoms with van der Waals surface area (Å²) >= 11 is 11.5. The van der Waals surface area contributed by atoms with E-state index in [0.717, 1.165) is 22.3 Å². The van der Waals surface area contributed by atoms with Gasteiger partial charge in [-0.05, 0) is 31.5 Å². The number of ether oxygens (including phenoxy) is 1. The van der Waals surface area contributed by atoms with Crippen molar-refractivity contribution in [2.45, 2.75) is 31.3 Å². The lowest BCUT2D eigenvalue weighted by Gasteiger charge is -2.23. The molecule has 0 aliphatic heterocycles. The molecule has 0 aliphatic carbocycles. The van der Waals surface area contributed by atoms with Crippen LogP contribution in [-0.4, -0.2) is 54.6 Å². The molecule has 0 unspecified atom stereocenters. The normalized spacial score (nSPS) is 12.5. The Morgan fingerprint density at radius 2 is 1.97 bits per heavy atom. The second-order valence-corrected chi connectivity index (χ2v) is 9.27. The molecule has 2 rings (SSSR count). The van der Waals surface area contributed by atoms with E-state index in [1.54, 1.807) is 6.92 Å². The lowest BCUT2D eigenvalue weighted by molar-refractivity contribution is -0.144. The van der Waals surface area contributed by atoms with Crippen LogP contribution in [0, 0.1) is 6.92 Å². The van der Waals surface area contributed by atoms with Gasteiger partial charge in [0.05, 0.1) is 23.2 Å². The van der Waals surface area contributed by atoms with Crippen LogP contribution in [0.3, 0.4) is 0 Å². The van der Waals surface area contributed by atoms with Crippen LogP contribution in [0.4, 0.5) is 5.69 Å². The number of nitrogens with one attached hydrogen (secondary N) is 1. The van der Waals surface area contributed by atoms with Gasteiger partial charge in [0.2, 0.25) is 15.9 Å². The SMILES string of the molecule is COC(=O)[C@@H](C)N(C)S(=O)(=O)c1cc(NC(=O)Cn2ncc(Cl)c(Cl)c2=O)ccc1C. The summed E-state index contributed by atoms with van der Waals surface area (Å²) in [6.45, 7) is 2.51. The van der Waals surface area contributed by atoms with Gasteiger partial charge in [-0.25, -0.2) is 13.1 Å². The van der Waals surface area contributed by atoms with Gasteiger partial charge in [0.15, 0.2) is 0 Å². The first-order valence-corrected chi connectivity index (χ1v) is 11.0. The summed E-state index contributed by atoms with van der Waals surface area (Å²) in [7, 11) is -1.66. The molecule has 0 aliphatic rings. The third-order valence-corrected chi connectivity index (χ3v) is 7.27. The van der Waals surface area contributed by atoms with Crippen LogP contribution in [0.2, 0.25) is 10.0 Å². The number of halogens is 2. The zero-order valence-electron chi connectivity index (χ0n) is 17.0. The molecule has 1 atom stereocenters. The third-order valence-electron chi connectivity index (χ3n) is 4.45. The number of sulfonamides is 1. The second kappa shape index (κ2) is 9.77. The lowest BCUT2D eigenvalue weighted by atomic mass is 10.2. The predicted octanol–water partition coefficient (Wildman–Crippen LogP) is 1.68. The molecule has 1 aromatic carbocycles. The first-order valence-electron chi connectivity index (χ1n) is 8.77. The Morgan fingerprint density at radius 3 is 2.58 bits per heavy atom. The Bertz CT molecular complexity index is 1180. The van der Waals surface area contributed by atoms with Crippen molar-refractivity contribution in [3.05, 3.63) is 50.4 Å². The molecule has 1 aromatic heterocycles. The molecule has 168 valence electrons. The largest absolute Gasteiger partial charge is 0.468 e. The summed E-state index contributed by atoms with van der Waals surface area (Å²) in [5.74, 6) is -1.36. The van der Waals surface area contributed by atoms with Crippen LogP contribution in [-0.2, 0) is 30.9 Å². The number of carbonyl (C=O) groups is 2. The Balaban J connectivity index is 2.28. The molecule has 13 heteroatoms. The van der Waals surface area contributed by atoms with Gasteiger partial charge < -0.3 is 10.1 Å². The number of carbonyl (C=O) groups excluding carboxylic acids is 2. The Morgan fingerprint density at radius 1 is 1.32 bits per heavy atom. The van der Waals surface area contributed by atoms with E-state index < -0.39 is 40.0 Å². The number of rotatable bonds is 7. The maximum atomic E-state index is 13.0. The number of likely N-dealkylation sites (N-methyl/N-ethyl adjacent to an activating group) is 1. The summed E-state index contributed by atoms with van der Waals surface area (Å²) < 4.78 is 32.3. The van der Waals surface area contributed by atoms with E-state index in [2.05, 4.69) is 15.2 Å². The van der Waals surface area contributed by atoms with Crippen LogP contribution in [0.25, 0.3) is 0 Å². The van der Waals surface area contributed by atoms with Crippen molar-refractivity contribution in [3.63, 3.8) is 0 Å². The van der Waals surface area contributed by atoms with E-state index in [1.165, 1.54) is 32.2 Å². The van der Waals surface area contributed by atoms with Crippen molar-refractivity contribution in [2.75, 3.05) is 19.5 Å². The van der Waals surface area contributed by atoms with Crippen LogP contribution in [0.5, 0.6) is 0 Å². The van der Waals surface area contributed by atoms with Gasteiger partial charge >= 0.3 is 5.97 Å². The summed E-state index contributed by atoms with van der Waals surface area (Å²) in [6.07, 6.45) is 1.13. The average Bonchev–Trinajstić information content (AvgIpc) is 2.73. The van der Waals surface area contributed by atoms with E-state index in [1.807, 2.05) is 0 Å². The molecule has 1 heterocycles. The van der Waals surface area contributed by atoms with Crippen molar-refractivity contribution >= 4 is 50.8 Å². The van der Waals surface area contributed by atoms with Gasteiger partial charge in [-0.3, -0.25) is 14.4 Å². The molecule has 0 fully saturated rings. The highest BCUT2D eigenvalue weighted by molar-refractivity contribution is 7.89. The van der Waals surface area contributed by atoms with Gasteiger partial charge in [-0.1, -0.05) is 29.3 Å². The molecule has 2 aromatic rings. The van der Waals surface area contributed by atoms with Crippen molar-refractivity contribution in [1.29, 1.82) is 0 Å². The van der Waals surface area contributed by atoms with Gasteiger partial charge in [-0.2, -0.15) is 9.40 Å². The van der Waals surface area contributed by atoms with Crippen molar-refractivity contribution in [3.8, 4) is 0 Å². The third kappa shape index (κ3) is 5.42. The smallest absolute Gasteiger partial charge is 0.323 e. The number of anilines is 1. The molecule has 0 saturated heterocycles. The monoisotopic (exact) mass is 490 g/mol. The molecular weight excluding hydrogens is 471 g/mol. The topological polar surface area (TPSA) is 128 Å². The Hall–Kier alpha value is -2.47. The first kappa shape index (κ1) is 24.8. The summed E-state index contributed by atoms with van der Waals surface area (Å²) in [6, 6.07) is 3.21. The zero-order chi connectivity index (χ0) is 23.5. The van der Waals surface area contributed by atoms with Crippen molar-refractivity contribution in [2.24, 2.45) is 0 Å². The number of methoxy groups -OCH3 is 1. The second-order valence-electron chi connectivity index (χ2n) is 6.52. The molecule has 1 N–H and O–H groups in total. The fraction of sp³-hybridized carbons (Fsp3) is 0.333. The van der Waals surface area contributed by atoms with Gasteiger partial charge in [0.1, 0.15) is 17.6 Å². The molecular formula is C18H20Cl2N4O6S. The quantitative estimate of drug-likeness (QED) is 0.584. The highest BCUT2D eigenvalue weighted by atomic mass is 35.5. The number of hydrogen-bond acceptors (Lipinski definition) is 7. The van der Waals surface area contributed by atoms with E-state index in [4.69, 9.17) is 23.2 Å². The van der Waals surface area contributed by atoms with E-state index in [9.17, 15) is 22.8 Å². The van der Waals surface area contributed by atoms with E-state index in [-0.39, 0.29) is 20.6 Å². The summed E-state index contributed by atoms with van der Waals surface area (Å²) in [5.41, 5.74) is -0.166. The Labute approximate surface area is 188 Å². The maximum absolute atomic E-state index is 13.0. The van der Waals surface area contributed by atoms with Gasteiger partial charge in [0, 0.05) is 12.7 Å². The number of esters is 1. The van der Waals surface area contributed by atoms with Crippen molar-refractivity contribution in [1.82, 2.24) is 14.1 Å². The standard InChI is InChI=1S/C18H20Cl2N4O6S/c1-10-5-6-12(7-14(10)31(28,29)23(3)11(2)18(27)30-4)22-15(25)9-24-17(26)16(20)13(19)8-21-24/h5-8,11H,9H2,1-4H3,(H,22,25)/t11-/m1/s1. The average molecular weight is 491 g/mol. The number of amides is 1. The number of hydrogen-bond donors (Lipinski definition) is 1. The van der Waals surface area contributed by atoms with E-state index in [0.29, 0.717) is 5.56 Å². The van der Waals surface area contributed by atoms with Crippen LogP contribution in [0.15, 0.2) is 34.1 Å². The number of aromatic nitrogens is 2. The van der Waals surface area contributed by atoms with Gasteiger partial charge in [0.25, 0.3) is 5.56 Å². The molecule has 0 bridgehead atoms. The lowest BCUT2D eigenvalue weighted by Crippen LogP contribution is -2.41. The number of nitrogens with zero attached hydrogens (tertiary/aromatic N) is 3. The number of aryl methyl sites for hydroxylation is 1. The molecule has 31 heavy (non-hydrogen) atoms. The fourth-order valence-corrected chi connectivity index (χ4v) is 4.37. The zero-order valence-corrected chi connectivity index (χ0v) is 19.4. The Kier molecular flexibility index (Phi) is 7.82. The van der Waals surface area contributed by atoms with Gasteiger partial charge in [-0.15, -0.1) is 0 Å². The molecule has 0 spiro atoms. The minimum Gasteiger partial charge on any atom is -0.468 e. The molecule has 1 amide bonds. The maximum Gasteiger partial charge on any atom is 0.323 e. The van der Waals surface area contributed by atoms with Crippen LogP contribution >= 0.6 is 23.2 Å². The summed E-state index contributed by atoms with van der Waals surface area (Å²) in [4.78, 5) is 36.0. The van der Waals surface area contributed by atoms with Crippen LogP contribution < -0.4 is 10.9 Å². The first-order chi connectivity index (χ1) is 14.4. The highest BCUT2D eigenvalue weighted by Gasteiger charge is 2.31. The minimum absolute atomic E-state index is 0.0398. The summed E-state index contributed by atoms with van der Waals surface area (Å²) in [5, 5.41) is 5.94. The molecule has 0 radical (unpaired) electrons. The molecule has 10 nitrogen and oxygen atoms in total. The fourth-order valence-electron chi connectivity index (χ4n) is 2.53. The van der Waals surface area contributed by atoms with Crippen molar-refractivity contribution < 1.29 is 22.7 Å². The molecule has 0 saturated carbocycles. The predicted molar refractivity (Wildman–Crippen MR) is 115 cm³/mol.